The van der Waals surface area contributed by atoms with Gasteiger partial charge in [0.1, 0.15) is 0 Å². The lowest BCUT2D eigenvalue weighted by Crippen LogP contribution is -2.13. The average molecular weight is 791 g/mol. The van der Waals surface area contributed by atoms with E-state index in [1.54, 1.807) is 0 Å². The van der Waals surface area contributed by atoms with Crippen molar-refractivity contribution in [2.75, 3.05) is 4.90 Å². The first-order valence-electron chi connectivity index (χ1n) is 21.6. The van der Waals surface area contributed by atoms with Gasteiger partial charge in [-0.15, -0.1) is 0 Å². The zero-order valence-electron chi connectivity index (χ0n) is 34.2. The number of nitrogens with zero attached hydrogens (tertiary/aromatic N) is 2. The summed E-state index contributed by atoms with van der Waals surface area (Å²) in [4.78, 5) is 2.43. The lowest BCUT2D eigenvalue weighted by atomic mass is 9.90. The van der Waals surface area contributed by atoms with Gasteiger partial charge in [0.25, 0.3) is 0 Å². The van der Waals surface area contributed by atoms with Crippen molar-refractivity contribution < 1.29 is 0 Å². The van der Waals surface area contributed by atoms with Gasteiger partial charge in [0, 0.05) is 39.4 Å². The minimum atomic E-state index is 0.299. The molecule has 11 aromatic rings. The second-order valence-corrected chi connectivity index (χ2v) is 16.4. The minimum absolute atomic E-state index is 0.299. The van der Waals surface area contributed by atoms with Gasteiger partial charge in [0.05, 0.1) is 11.0 Å². The molecule has 0 bridgehead atoms. The molecule has 0 amide bonds. The van der Waals surface area contributed by atoms with Crippen molar-refractivity contribution in [2.24, 2.45) is 0 Å². The summed E-state index contributed by atoms with van der Waals surface area (Å²) in [6, 6.07) is 78.0. The summed E-state index contributed by atoms with van der Waals surface area (Å²) in [7, 11) is 0. The fraction of sp³-hybridized carbons (Fsp3) is 0.0333. The summed E-state index contributed by atoms with van der Waals surface area (Å²) in [5, 5.41) is 10.2. The van der Waals surface area contributed by atoms with Crippen LogP contribution in [0.25, 0.3) is 82.1 Å². The van der Waals surface area contributed by atoms with Gasteiger partial charge in [-0.25, -0.2) is 0 Å². The van der Waals surface area contributed by atoms with E-state index >= 15 is 0 Å². The predicted octanol–water partition coefficient (Wildman–Crippen LogP) is 16.6. The van der Waals surface area contributed by atoms with Crippen LogP contribution in [0.2, 0.25) is 0 Å². The second kappa shape index (κ2) is 15.0. The molecule has 1 aliphatic carbocycles. The van der Waals surface area contributed by atoms with Gasteiger partial charge in [0.15, 0.2) is 0 Å². The highest BCUT2D eigenvalue weighted by Gasteiger charge is 2.21. The van der Waals surface area contributed by atoms with E-state index in [9.17, 15) is 0 Å². The Balaban J connectivity index is 0.925. The third kappa shape index (κ3) is 6.03. The summed E-state index contributed by atoms with van der Waals surface area (Å²) in [6.45, 7) is 0. The number of fused-ring (bicyclic) bond motifs is 8. The van der Waals surface area contributed by atoms with Crippen LogP contribution in [0.1, 0.15) is 17.9 Å². The van der Waals surface area contributed by atoms with Crippen molar-refractivity contribution in [1.29, 1.82) is 0 Å². The molecular weight excluding hydrogens is 749 g/mol. The monoisotopic (exact) mass is 790 g/mol. The summed E-state index contributed by atoms with van der Waals surface area (Å²) in [5.41, 5.74) is 13.2. The van der Waals surface area contributed by atoms with Crippen molar-refractivity contribution in [3.05, 3.63) is 242 Å². The van der Waals surface area contributed by atoms with E-state index in [4.69, 9.17) is 0 Å². The molecule has 0 saturated heterocycles. The molecule has 1 atom stereocenters. The lowest BCUT2D eigenvalue weighted by molar-refractivity contribution is 0.852. The molecular formula is C60H42N2. The number of hydrogen-bond donors (Lipinski definition) is 0. The molecule has 0 saturated carbocycles. The smallest absolute Gasteiger partial charge is 0.0547 e. The second-order valence-electron chi connectivity index (χ2n) is 16.4. The highest BCUT2D eigenvalue weighted by Crippen LogP contribution is 2.43. The lowest BCUT2D eigenvalue weighted by Gasteiger charge is -2.30. The zero-order chi connectivity index (χ0) is 41.0. The summed E-state index contributed by atoms with van der Waals surface area (Å²) in [5.74, 6) is 0.299. The largest absolute Gasteiger partial charge is 0.310 e. The molecule has 2 heteroatoms. The molecule has 62 heavy (non-hydrogen) atoms. The van der Waals surface area contributed by atoms with E-state index < -0.39 is 0 Å². The fourth-order valence-electron chi connectivity index (χ4n) is 9.95. The highest BCUT2D eigenvalue weighted by molar-refractivity contribution is 6.21. The molecule has 1 aromatic heterocycles. The van der Waals surface area contributed by atoms with Gasteiger partial charge in [-0.3, -0.25) is 0 Å². The van der Waals surface area contributed by atoms with Crippen molar-refractivity contribution in [3.63, 3.8) is 0 Å². The number of rotatable bonds is 7. The maximum absolute atomic E-state index is 2.43. The summed E-state index contributed by atoms with van der Waals surface area (Å²) >= 11 is 0. The Labute approximate surface area is 361 Å². The Morgan fingerprint density at radius 2 is 1.02 bits per heavy atom. The number of hydrogen-bond acceptors (Lipinski definition) is 1. The molecule has 2 nitrogen and oxygen atoms in total. The molecule has 1 heterocycles. The molecule has 12 rings (SSSR count). The first kappa shape index (κ1) is 36.0. The molecule has 0 fully saturated rings. The minimum Gasteiger partial charge on any atom is -0.310 e. The van der Waals surface area contributed by atoms with Crippen molar-refractivity contribution in [3.8, 4) is 27.9 Å². The fourth-order valence-corrected chi connectivity index (χ4v) is 9.95. The van der Waals surface area contributed by atoms with Crippen molar-refractivity contribution >= 4 is 71.2 Å². The summed E-state index contributed by atoms with van der Waals surface area (Å²) in [6.07, 6.45) is 9.93. The van der Waals surface area contributed by atoms with Crippen LogP contribution in [0.4, 0.5) is 17.1 Å². The molecule has 0 radical (unpaired) electrons. The maximum Gasteiger partial charge on any atom is 0.0547 e. The van der Waals surface area contributed by atoms with Crippen LogP contribution >= 0.6 is 0 Å². The molecule has 1 aliphatic rings. The van der Waals surface area contributed by atoms with Crippen LogP contribution in [0, 0.1) is 0 Å². The standard InChI is InChI=1S/C60H42N2/c1-2-14-43(15-3-1)51-19-10-12-24-57(51)61(48-37-30-45(31-38-48)56-40-46-17-5-6-18-50(46)53-21-8-9-22-54(53)56)47-33-26-41(27-34-47)42-28-35-49(36-29-42)62-58-25-13-11-23-55(58)60-52-20-7-4-16-44(52)32-39-59(60)62/h1-14,16-40,43H,15H2. The molecule has 292 valence electrons. The Morgan fingerprint density at radius 3 is 1.76 bits per heavy atom. The van der Waals surface area contributed by atoms with Gasteiger partial charge in [-0.1, -0.05) is 176 Å². The van der Waals surface area contributed by atoms with Crippen LogP contribution in [-0.2, 0) is 0 Å². The number of allylic oxidation sites excluding steroid dienone is 4. The first-order valence-corrected chi connectivity index (χ1v) is 21.6. The van der Waals surface area contributed by atoms with Crippen molar-refractivity contribution in [2.45, 2.75) is 12.3 Å². The Bertz CT molecular complexity index is 3530. The van der Waals surface area contributed by atoms with Gasteiger partial charge in [0.2, 0.25) is 0 Å². The average Bonchev–Trinajstić information content (AvgIpc) is 3.70. The molecule has 10 aromatic carbocycles. The highest BCUT2D eigenvalue weighted by atomic mass is 15.1. The zero-order valence-corrected chi connectivity index (χ0v) is 34.2. The van der Waals surface area contributed by atoms with Crippen LogP contribution < -0.4 is 4.90 Å². The van der Waals surface area contributed by atoms with Crippen LogP contribution in [0.15, 0.2) is 237 Å². The number of aromatic nitrogens is 1. The van der Waals surface area contributed by atoms with Crippen molar-refractivity contribution in [1.82, 2.24) is 4.57 Å². The first-order chi connectivity index (χ1) is 30.8. The SMILES string of the molecule is C1=CCC(c2ccccc2N(c2ccc(-c3ccc(-n4c5ccccc5c5c6ccccc6ccc54)cc3)cc2)c2ccc(-c3cc4ccccc4c4ccccc34)cc2)C=C1. The molecule has 0 N–H and O–H groups in total. The van der Waals surface area contributed by atoms with E-state index in [1.165, 1.54) is 87.6 Å². The third-order valence-electron chi connectivity index (χ3n) is 12.9. The number of benzene rings is 10. The van der Waals surface area contributed by atoms with Gasteiger partial charge < -0.3 is 9.47 Å². The van der Waals surface area contributed by atoms with E-state index in [2.05, 4.69) is 246 Å². The Kier molecular flexibility index (Phi) is 8.67. The van der Waals surface area contributed by atoms with E-state index in [0.717, 1.165) is 23.5 Å². The maximum atomic E-state index is 2.43. The molecule has 0 spiro atoms. The van der Waals surface area contributed by atoms with E-state index in [-0.39, 0.29) is 0 Å². The predicted molar refractivity (Wildman–Crippen MR) is 264 cm³/mol. The molecule has 0 aliphatic heterocycles. The topological polar surface area (TPSA) is 8.17 Å². The third-order valence-corrected chi connectivity index (χ3v) is 12.9. The number of para-hydroxylation sites is 2. The van der Waals surface area contributed by atoms with Gasteiger partial charge in [-0.05, 0) is 127 Å². The van der Waals surface area contributed by atoms with E-state index in [1.807, 2.05) is 0 Å². The Morgan fingerprint density at radius 1 is 0.419 bits per heavy atom. The van der Waals surface area contributed by atoms with Crippen LogP contribution in [0.3, 0.4) is 0 Å². The van der Waals surface area contributed by atoms with Gasteiger partial charge in [-0.2, -0.15) is 0 Å². The normalized spacial score (nSPS) is 13.8. The van der Waals surface area contributed by atoms with E-state index in [0.29, 0.717) is 5.92 Å². The molecule has 1 unspecified atom stereocenters. The van der Waals surface area contributed by atoms with Gasteiger partial charge >= 0.3 is 0 Å². The number of anilines is 3. The van der Waals surface area contributed by atoms with Crippen LogP contribution in [-0.4, -0.2) is 4.57 Å². The Hall–Kier alpha value is -7.94. The van der Waals surface area contributed by atoms with Crippen LogP contribution in [0.5, 0.6) is 0 Å². The quantitative estimate of drug-likeness (QED) is 0.146. The summed E-state index contributed by atoms with van der Waals surface area (Å²) < 4.78 is 2.41.